The van der Waals surface area contributed by atoms with Gasteiger partial charge < -0.3 is 19.4 Å². The van der Waals surface area contributed by atoms with Crippen molar-refractivity contribution in [1.82, 2.24) is 19.4 Å². The summed E-state index contributed by atoms with van der Waals surface area (Å²) in [7, 11) is 0. The van der Waals surface area contributed by atoms with E-state index in [2.05, 4.69) is 32.5 Å². The van der Waals surface area contributed by atoms with Crippen molar-refractivity contribution in [1.29, 1.82) is 0 Å². The number of ether oxygens (including phenoxy) is 1. The monoisotopic (exact) mass is 482 g/mol. The van der Waals surface area contributed by atoms with Crippen LogP contribution in [0.1, 0.15) is 34.1 Å². The molecule has 9 heteroatoms. The van der Waals surface area contributed by atoms with Gasteiger partial charge in [0.2, 0.25) is 0 Å². The van der Waals surface area contributed by atoms with Crippen LogP contribution in [0.25, 0.3) is 16.7 Å². The van der Waals surface area contributed by atoms with Gasteiger partial charge in [-0.25, -0.2) is 14.8 Å². The molecule has 0 aliphatic carbocycles. The van der Waals surface area contributed by atoms with E-state index in [0.717, 1.165) is 41.3 Å². The zero-order valence-corrected chi connectivity index (χ0v) is 20.9. The maximum Gasteiger partial charge on any atom is 0.410 e. The lowest BCUT2D eigenvalue weighted by atomic mass is 10.1. The van der Waals surface area contributed by atoms with Crippen molar-refractivity contribution in [2.45, 2.75) is 45.8 Å². The number of hydrogen-bond acceptors (Lipinski definition) is 6. The third kappa shape index (κ3) is 4.27. The molecular formula is C25H31ClN6O2. The minimum absolute atomic E-state index is 0.0816. The second-order valence-electron chi connectivity index (χ2n) is 10.1. The number of halogens is 1. The average Bonchev–Trinajstić information content (AvgIpc) is 3.11. The van der Waals surface area contributed by atoms with Gasteiger partial charge in [0, 0.05) is 55.7 Å². The van der Waals surface area contributed by atoms with Gasteiger partial charge in [-0.05, 0) is 52.3 Å². The molecule has 0 radical (unpaired) electrons. The van der Waals surface area contributed by atoms with Gasteiger partial charge >= 0.3 is 6.09 Å². The summed E-state index contributed by atoms with van der Waals surface area (Å²) in [4.78, 5) is 28.5. The highest BCUT2D eigenvalue weighted by Gasteiger charge is 2.33. The molecule has 0 N–H and O–H groups in total. The summed E-state index contributed by atoms with van der Waals surface area (Å²) in [5.41, 5.74) is 2.46. The van der Waals surface area contributed by atoms with Gasteiger partial charge in [-0.2, -0.15) is 0 Å². The Kier molecular flexibility index (Phi) is 5.80. The van der Waals surface area contributed by atoms with Gasteiger partial charge in [-0.3, -0.25) is 4.57 Å². The molecule has 0 saturated carbocycles. The second kappa shape index (κ2) is 8.65. The van der Waals surface area contributed by atoms with E-state index in [1.54, 1.807) is 11.2 Å². The van der Waals surface area contributed by atoms with E-state index >= 15 is 0 Å². The van der Waals surface area contributed by atoms with Gasteiger partial charge in [0.1, 0.15) is 17.7 Å². The number of anilines is 2. The predicted octanol–water partition coefficient (Wildman–Crippen LogP) is 4.73. The number of carbonyl (C=O) groups is 1. The zero-order chi connectivity index (χ0) is 24.0. The average molecular weight is 483 g/mol. The lowest BCUT2D eigenvalue weighted by Crippen LogP contribution is -2.55. The van der Waals surface area contributed by atoms with Crippen LogP contribution in [-0.4, -0.2) is 69.9 Å². The fourth-order valence-electron chi connectivity index (χ4n) is 4.63. The number of fused-ring (bicyclic) bond motifs is 1. The summed E-state index contributed by atoms with van der Waals surface area (Å²) in [6.07, 6.45) is 4.69. The van der Waals surface area contributed by atoms with Crippen LogP contribution in [0.3, 0.4) is 0 Å². The van der Waals surface area contributed by atoms with Crippen molar-refractivity contribution >= 4 is 40.2 Å². The number of rotatable bonds is 3. The van der Waals surface area contributed by atoms with E-state index < -0.39 is 5.60 Å². The van der Waals surface area contributed by atoms with E-state index in [4.69, 9.17) is 21.3 Å². The molecule has 0 spiro atoms. The van der Waals surface area contributed by atoms with Gasteiger partial charge in [0.25, 0.3) is 0 Å². The van der Waals surface area contributed by atoms with E-state index in [9.17, 15) is 4.79 Å². The molecule has 34 heavy (non-hydrogen) atoms. The van der Waals surface area contributed by atoms with E-state index in [-0.39, 0.29) is 12.1 Å². The smallest absolute Gasteiger partial charge is 0.410 e. The molecular weight excluding hydrogens is 452 g/mol. The summed E-state index contributed by atoms with van der Waals surface area (Å²) in [5.74, 6) is 0.906. The Hall–Kier alpha value is -3.00. The summed E-state index contributed by atoms with van der Waals surface area (Å²) >= 11 is 6.30. The molecule has 8 nitrogen and oxygen atoms in total. The molecule has 1 amide bonds. The zero-order valence-electron chi connectivity index (χ0n) is 20.2. The number of amides is 1. The van der Waals surface area contributed by atoms with Crippen LogP contribution in [0.15, 0.2) is 36.8 Å². The van der Waals surface area contributed by atoms with Gasteiger partial charge in [0.05, 0.1) is 11.1 Å². The molecule has 3 aromatic rings. The summed E-state index contributed by atoms with van der Waals surface area (Å²) in [6, 6.07) is 7.89. The van der Waals surface area contributed by atoms with E-state index in [1.807, 2.05) is 45.0 Å². The minimum Gasteiger partial charge on any atom is -0.444 e. The molecule has 4 heterocycles. The third-order valence-electron chi connectivity index (χ3n) is 6.38. The van der Waals surface area contributed by atoms with Gasteiger partial charge in [0.15, 0.2) is 5.65 Å². The quantitative estimate of drug-likeness (QED) is 0.537. The van der Waals surface area contributed by atoms with Crippen LogP contribution in [0, 0.1) is 0 Å². The lowest BCUT2D eigenvalue weighted by Gasteiger charge is -2.41. The molecule has 1 unspecified atom stereocenters. The first kappa shape index (κ1) is 22.8. The molecule has 2 fully saturated rings. The van der Waals surface area contributed by atoms with Crippen molar-refractivity contribution in [2.75, 3.05) is 42.5 Å². The summed E-state index contributed by atoms with van der Waals surface area (Å²) in [6.45, 7) is 11.7. The molecule has 1 aromatic carbocycles. The van der Waals surface area contributed by atoms with Crippen molar-refractivity contribution in [3.8, 4) is 5.69 Å². The first-order valence-corrected chi connectivity index (χ1v) is 12.2. The van der Waals surface area contributed by atoms with Gasteiger partial charge in [-0.15, -0.1) is 0 Å². The van der Waals surface area contributed by atoms with Crippen molar-refractivity contribution in [2.24, 2.45) is 0 Å². The lowest BCUT2D eigenvalue weighted by molar-refractivity contribution is 0.0218. The normalized spacial score (nSPS) is 18.9. The van der Waals surface area contributed by atoms with Gasteiger partial charge in [-0.1, -0.05) is 17.7 Å². The van der Waals surface area contributed by atoms with Crippen LogP contribution in [0.2, 0.25) is 5.02 Å². The van der Waals surface area contributed by atoms with Crippen molar-refractivity contribution < 1.29 is 9.53 Å². The van der Waals surface area contributed by atoms with Crippen molar-refractivity contribution in [3.63, 3.8) is 0 Å². The van der Waals surface area contributed by atoms with Crippen LogP contribution < -0.4 is 9.80 Å². The predicted molar refractivity (Wildman–Crippen MR) is 135 cm³/mol. The summed E-state index contributed by atoms with van der Waals surface area (Å²) < 4.78 is 7.69. The van der Waals surface area contributed by atoms with E-state index in [0.29, 0.717) is 24.7 Å². The number of aromatic nitrogens is 3. The highest BCUT2D eigenvalue weighted by molar-refractivity contribution is 6.30. The summed E-state index contributed by atoms with van der Waals surface area (Å²) in [5, 5.41) is 1.73. The third-order valence-corrected chi connectivity index (χ3v) is 6.61. The SMILES string of the molecule is CC1CN(C(=O)OC(C)(C)C)CCN1c1ncnc2c1c(N1CCC1)cn2-c1cccc(Cl)c1. The Balaban J connectivity index is 1.51. The van der Waals surface area contributed by atoms with Crippen molar-refractivity contribution in [3.05, 3.63) is 41.8 Å². The van der Waals surface area contributed by atoms with Crippen LogP contribution in [-0.2, 0) is 4.74 Å². The topological polar surface area (TPSA) is 66.7 Å². The molecule has 2 saturated heterocycles. The maximum absolute atomic E-state index is 12.6. The number of piperazine rings is 1. The standard InChI is InChI=1S/C25H31ClN6O2/c1-17-14-30(24(33)34-25(2,3)4)11-12-31(17)22-21-20(29-9-6-10-29)15-32(23(21)28-16-27-22)19-8-5-7-18(26)13-19/h5,7-8,13,15-17H,6,9-12,14H2,1-4H3. The highest BCUT2D eigenvalue weighted by atomic mass is 35.5. The molecule has 180 valence electrons. The Bertz CT molecular complexity index is 1220. The Morgan fingerprint density at radius 1 is 1.15 bits per heavy atom. The minimum atomic E-state index is -0.508. The Morgan fingerprint density at radius 3 is 2.59 bits per heavy atom. The van der Waals surface area contributed by atoms with Crippen LogP contribution in [0.4, 0.5) is 16.3 Å². The maximum atomic E-state index is 12.6. The molecule has 2 aliphatic heterocycles. The van der Waals surface area contributed by atoms with E-state index in [1.165, 1.54) is 6.42 Å². The fraction of sp³-hybridized carbons (Fsp3) is 0.480. The molecule has 1 atom stereocenters. The number of carbonyl (C=O) groups excluding carboxylic acids is 1. The molecule has 2 aliphatic rings. The first-order valence-electron chi connectivity index (χ1n) is 11.8. The number of nitrogens with zero attached hydrogens (tertiary/aromatic N) is 6. The highest BCUT2D eigenvalue weighted by Crippen LogP contribution is 2.39. The number of benzene rings is 1. The Labute approximate surface area is 205 Å². The van der Waals surface area contributed by atoms with Crippen LogP contribution >= 0.6 is 11.6 Å². The van der Waals surface area contributed by atoms with Crippen LogP contribution in [0.5, 0.6) is 0 Å². The molecule has 2 aromatic heterocycles. The number of hydrogen-bond donors (Lipinski definition) is 0. The molecule has 0 bridgehead atoms. The molecule has 5 rings (SSSR count). The fourth-order valence-corrected chi connectivity index (χ4v) is 4.81. The second-order valence-corrected chi connectivity index (χ2v) is 10.5. The Morgan fingerprint density at radius 2 is 1.94 bits per heavy atom. The largest absolute Gasteiger partial charge is 0.444 e. The first-order chi connectivity index (χ1) is 16.2.